The van der Waals surface area contributed by atoms with Crippen LogP contribution in [0.25, 0.3) is 11.3 Å². The molecule has 0 bridgehead atoms. The minimum Gasteiger partial charge on any atom is -0.304 e. The molecule has 0 fully saturated rings. The molecule has 4 aromatic rings. The summed E-state index contributed by atoms with van der Waals surface area (Å²) in [7, 11) is 0. The van der Waals surface area contributed by atoms with Crippen molar-refractivity contribution in [2.75, 3.05) is 0 Å². The Morgan fingerprint density at radius 2 is 1.48 bits per heavy atom. The van der Waals surface area contributed by atoms with Gasteiger partial charge in [-0.2, -0.15) is 15.0 Å². The standard InChI is InChI=1S/C25H26N4/c1-19-13-15-21(16-14-19)18-29-27-24(25(28-29)23-11-7-4-8-12-23)17-26-20(2)22-9-5-3-6-10-22/h3-16,20,26H,17-18H2,1-2H3/t20-/m0/s1. The van der Waals surface area contributed by atoms with Crippen LogP contribution in [-0.2, 0) is 13.1 Å². The number of benzene rings is 3. The predicted molar refractivity (Wildman–Crippen MR) is 117 cm³/mol. The van der Waals surface area contributed by atoms with Gasteiger partial charge < -0.3 is 5.32 Å². The van der Waals surface area contributed by atoms with Gasteiger partial charge in [-0.15, -0.1) is 0 Å². The molecule has 146 valence electrons. The maximum atomic E-state index is 4.81. The van der Waals surface area contributed by atoms with E-state index in [0.29, 0.717) is 13.1 Å². The molecule has 0 saturated heterocycles. The van der Waals surface area contributed by atoms with Gasteiger partial charge in [0.1, 0.15) is 11.4 Å². The van der Waals surface area contributed by atoms with Crippen molar-refractivity contribution in [3.05, 3.63) is 107 Å². The second-order valence-corrected chi connectivity index (χ2v) is 7.39. The average Bonchev–Trinajstić information content (AvgIpc) is 3.17. The average molecular weight is 383 g/mol. The molecule has 1 heterocycles. The number of aryl methyl sites for hydroxylation is 1. The summed E-state index contributed by atoms with van der Waals surface area (Å²) in [6, 6.07) is 29.5. The van der Waals surface area contributed by atoms with E-state index in [9.17, 15) is 0 Å². The normalized spacial score (nSPS) is 12.1. The van der Waals surface area contributed by atoms with Gasteiger partial charge >= 0.3 is 0 Å². The predicted octanol–water partition coefficient (Wildman–Crippen LogP) is 5.15. The topological polar surface area (TPSA) is 42.7 Å². The summed E-state index contributed by atoms with van der Waals surface area (Å²) in [6.45, 7) is 5.60. The lowest BCUT2D eigenvalue weighted by molar-refractivity contribution is 0.547. The van der Waals surface area contributed by atoms with Gasteiger partial charge in [0.2, 0.25) is 0 Å². The van der Waals surface area contributed by atoms with Crippen LogP contribution in [0.1, 0.15) is 35.3 Å². The van der Waals surface area contributed by atoms with Crippen LogP contribution in [0.4, 0.5) is 0 Å². The summed E-state index contributed by atoms with van der Waals surface area (Å²) in [5, 5.41) is 13.2. The van der Waals surface area contributed by atoms with Crippen molar-refractivity contribution in [1.29, 1.82) is 0 Å². The van der Waals surface area contributed by atoms with E-state index in [1.807, 2.05) is 24.3 Å². The van der Waals surface area contributed by atoms with Gasteiger partial charge in [0.15, 0.2) is 0 Å². The van der Waals surface area contributed by atoms with E-state index in [1.165, 1.54) is 16.7 Å². The second kappa shape index (κ2) is 8.84. The molecule has 0 amide bonds. The van der Waals surface area contributed by atoms with Gasteiger partial charge in [0.05, 0.1) is 6.54 Å². The highest BCUT2D eigenvalue weighted by Gasteiger charge is 2.15. The second-order valence-electron chi connectivity index (χ2n) is 7.39. The number of nitrogens with one attached hydrogen (secondary N) is 1. The molecule has 0 aliphatic rings. The molecule has 0 unspecified atom stereocenters. The summed E-state index contributed by atoms with van der Waals surface area (Å²) in [5.74, 6) is 0. The first-order valence-corrected chi connectivity index (χ1v) is 10.0. The van der Waals surface area contributed by atoms with E-state index in [2.05, 4.69) is 79.8 Å². The number of rotatable bonds is 7. The van der Waals surface area contributed by atoms with Crippen molar-refractivity contribution in [2.45, 2.75) is 33.0 Å². The van der Waals surface area contributed by atoms with Crippen molar-refractivity contribution in [3.63, 3.8) is 0 Å². The molecule has 4 rings (SSSR count). The minimum atomic E-state index is 0.238. The Morgan fingerprint density at radius 3 is 2.17 bits per heavy atom. The lowest BCUT2D eigenvalue weighted by Crippen LogP contribution is -2.19. The van der Waals surface area contributed by atoms with Crippen LogP contribution in [0.5, 0.6) is 0 Å². The summed E-state index contributed by atoms with van der Waals surface area (Å²) in [5.41, 5.74) is 6.71. The number of aromatic nitrogens is 3. The summed E-state index contributed by atoms with van der Waals surface area (Å²) < 4.78 is 0. The van der Waals surface area contributed by atoms with Crippen molar-refractivity contribution in [2.24, 2.45) is 0 Å². The molecule has 1 aromatic heterocycles. The molecule has 0 radical (unpaired) electrons. The number of nitrogens with zero attached hydrogens (tertiary/aromatic N) is 3. The Balaban J connectivity index is 1.57. The molecule has 0 aliphatic heterocycles. The Hall–Kier alpha value is -3.24. The molecular weight excluding hydrogens is 356 g/mol. The van der Waals surface area contributed by atoms with E-state index < -0.39 is 0 Å². The third-order valence-corrected chi connectivity index (χ3v) is 5.09. The SMILES string of the molecule is Cc1ccc(Cn2nc(CN[C@@H](C)c3ccccc3)c(-c3ccccc3)n2)cc1. The first-order valence-electron chi connectivity index (χ1n) is 10.0. The van der Waals surface area contributed by atoms with Crippen molar-refractivity contribution >= 4 is 0 Å². The molecular formula is C25H26N4. The van der Waals surface area contributed by atoms with Crippen LogP contribution in [0.2, 0.25) is 0 Å². The molecule has 1 atom stereocenters. The van der Waals surface area contributed by atoms with E-state index in [4.69, 9.17) is 10.2 Å². The molecule has 1 N–H and O–H groups in total. The number of hydrogen-bond donors (Lipinski definition) is 1. The molecule has 0 saturated carbocycles. The largest absolute Gasteiger partial charge is 0.304 e. The third kappa shape index (κ3) is 4.79. The van der Waals surface area contributed by atoms with Crippen molar-refractivity contribution in [1.82, 2.24) is 20.3 Å². The highest BCUT2D eigenvalue weighted by molar-refractivity contribution is 5.60. The summed E-state index contributed by atoms with van der Waals surface area (Å²) in [4.78, 5) is 1.80. The Bertz CT molecular complexity index is 1040. The first kappa shape index (κ1) is 19.1. The quantitative estimate of drug-likeness (QED) is 0.480. The maximum absolute atomic E-state index is 4.81. The van der Waals surface area contributed by atoms with E-state index >= 15 is 0 Å². The minimum absolute atomic E-state index is 0.238. The highest BCUT2D eigenvalue weighted by Crippen LogP contribution is 2.21. The van der Waals surface area contributed by atoms with Crippen LogP contribution in [0.3, 0.4) is 0 Å². The fourth-order valence-electron chi connectivity index (χ4n) is 3.36. The smallest absolute Gasteiger partial charge is 0.117 e. The fraction of sp³-hybridized carbons (Fsp3) is 0.200. The zero-order chi connectivity index (χ0) is 20.1. The Labute approximate surface area is 172 Å². The molecule has 0 spiro atoms. The lowest BCUT2D eigenvalue weighted by atomic mass is 10.1. The Morgan fingerprint density at radius 1 is 0.828 bits per heavy atom. The van der Waals surface area contributed by atoms with E-state index in [0.717, 1.165) is 17.0 Å². The summed E-state index contributed by atoms with van der Waals surface area (Å²) in [6.07, 6.45) is 0. The van der Waals surface area contributed by atoms with E-state index in [1.54, 1.807) is 4.80 Å². The van der Waals surface area contributed by atoms with Crippen LogP contribution < -0.4 is 5.32 Å². The molecule has 4 heteroatoms. The lowest BCUT2D eigenvalue weighted by Gasteiger charge is -2.13. The van der Waals surface area contributed by atoms with Crippen molar-refractivity contribution < 1.29 is 0 Å². The Kier molecular flexibility index (Phi) is 5.82. The molecule has 0 aliphatic carbocycles. The highest BCUT2D eigenvalue weighted by atomic mass is 15.5. The van der Waals surface area contributed by atoms with Crippen LogP contribution in [0.15, 0.2) is 84.9 Å². The fourth-order valence-corrected chi connectivity index (χ4v) is 3.36. The molecule has 29 heavy (non-hydrogen) atoms. The van der Waals surface area contributed by atoms with Crippen LogP contribution in [0, 0.1) is 6.92 Å². The monoisotopic (exact) mass is 382 g/mol. The number of hydrogen-bond acceptors (Lipinski definition) is 3. The molecule has 3 aromatic carbocycles. The summed E-state index contributed by atoms with van der Waals surface area (Å²) >= 11 is 0. The van der Waals surface area contributed by atoms with E-state index in [-0.39, 0.29) is 6.04 Å². The van der Waals surface area contributed by atoms with Crippen LogP contribution in [-0.4, -0.2) is 15.0 Å². The third-order valence-electron chi connectivity index (χ3n) is 5.09. The molecule has 4 nitrogen and oxygen atoms in total. The van der Waals surface area contributed by atoms with Gasteiger partial charge in [-0.3, -0.25) is 0 Å². The van der Waals surface area contributed by atoms with Gasteiger partial charge in [0.25, 0.3) is 0 Å². The van der Waals surface area contributed by atoms with Gasteiger partial charge in [-0.25, -0.2) is 0 Å². The first-order chi connectivity index (χ1) is 14.2. The zero-order valence-corrected chi connectivity index (χ0v) is 16.9. The maximum Gasteiger partial charge on any atom is 0.117 e. The zero-order valence-electron chi connectivity index (χ0n) is 16.9. The van der Waals surface area contributed by atoms with Gasteiger partial charge in [-0.05, 0) is 25.0 Å². The van der Waals surface area contributed by atoms with Gasteiger partial charge in [-0.1, -0.05) is 90.5 Å². The van der Waals surface area contributed by atoms with Gasteiger partial charge in [0, 0.05) is 18.2 Å². The van der Waals surface area contributed by atoms with Crippen molar-refractivity contribution in [3.8, 4) is 11.3 Å². The van der Waals surface area contributed by atoms with Crippen LogP contribution >= 0.6 is 0 Å².